The minimum atomic E-state index is -2.38. The standard InChI is InChI=1S/C16H32O4Si/c1-6-10-16(17-3)14(15(7-2)12-20-13-15)9-8-11-21(16,18-4)19-5/h14H,6-13H2,1-5H3. The third-order valence-electron chi connectivity index (χ3n) is 6.07. The van der Waals surface area contributed by atoms with Crippen LogP contribution in [-0.2, 0) is 18.3 Å². The maximum atomic E-state index is 6.27. The summed E-state index contributed by atoms with van der Waals surface area (Å²) in [5.41, 5.74) is 0.251. The summed E-state index contributed by atoms with van der Waals surface area (Å²) in [5, 5.41) is -0.247. The lowest BCUT2D eigenvalue weighted by Crippen LogP contribution is -2.73. The molecule has 2 saturated heterocycles. The average Bonchev–Trinajstić information content (AvgIpc) is 2.48. The molecular formula is C16H32O4Si. The highest BCUT2D eigenvalue weighted by molar-refractivity contribution is 6.70. The predicted octanol–water partition coefficient (Wildman–Crippen LogP) is 3.28. The van der Waals surface area contributed by atoms with E-state index in [0.29, 0.717) is 5.92 Å². The van der Waals surface area contributed by atoms with Crippen molar-refractivity contribution in [2.75, 3.05) is 34.5 Å². The van der Waals surface area contributed by atoms with Gasteiger partial charge in [-0.2, -0.15) is 0 Å². The monoisotopic (exact) mass is 316 g/mol. The largest absolute Gasteiger partial charge is 0.396 e. The van der Waals surface area contributed by atoms with E-state index in [1.807, 2.05) is 21.3 Å². The smallest absolute Gasteiger partial charge is 0.371 e. The summed E-state index contributed by atoms with van der Waals surface area (Å²) in [5.74, 6) is 0.481. The first kappa shape index (κ1) is 17.4. The van der Waals surface area contributed by atoms with Gasteiger partial charge in [0.1, 0.15) is 5.22 Å². The predicted molar refractivity (Wildman–Crippen MR) is 85.5 cm³/mol. The highest BCUT2D eigenvalue weighted by atomic mass is 28.4. The second kappa shape index (κ2) is 6.67. The normalized spacial score (nSPS) is 34.4. The van der Waals surface area contributed by atoms with Gasteiger partial charge in [0.15, 0.2) is 0 Å². The summed E-state index contributed by atoms with van der Waals surface area (Å²) in [6.45, 7) is 6.24. The molecule has 5 heteroatoms. The molecule has 0 radical (unpaired) electrons. The Morgan fingerprint density at radius 1 is 1.14 bits per heavy atom. The molecule has 0 aromatic carbocycles. The van der Waals surface area contributed by atoms with Crippen LogP contribution in [0.5, 0.6) is 0 Å². The third-order valence-corrected chi connectivity index (χ3v) is 10.5. The van der Waals surface area contributed by atoms with Crippen LogP contribution >= 0.6 is 0 Å². The zero-order valence-electron chi connectivity index (χ0n) is 14.4. The number of methoxy groups -OCH3 is 1. The molecule has 0 amide bonds. The van der Waals surface area contributed by atoms with Crippen molar-refractivity contribution in [1.82, 2.24) is 0 Å². The molecule has 2 rings (SSSR count). The molecule has 2 aliphatic heterocycles. The average molecular weight is 317 g/mol. The van der Waals surface area contributed by atoms with Crippen molar-refractivity contribution in [2.24, 2.45) is 11.3 Å². The van der Waals surface area contributed by atoms with Crippen molar-refractivity contribution in [2.45, 2.75) is 57.2 Å². The topological polar surface area (TPSA) is 36.9 Å². The van der Waals surface area contributed by atoms with E-state index >= 15 is 0 Å². The molecule has 4 nitrogen and oxygen atoms in total. The van der Waals surface area contributed by atoms with Gasteiger partial charge in [0.25, 0.3) is 0 Å². The molecule has 2 fully saturated rings. The number of ether oxygens (including phenoxy) is 2. The van der Waals surface area contributed by atoms with Crippen molar-refractivity contribution in [3.8, 4) is 0 Å². The number of hydrogen-bond acceptors (Lipinski definition) is 4. The molecule has 2 aliphatic rings. The van der Waals surface area contributed by atoms with Gasteiger partial charge in [-0.1, -0.05) is 26.7 Å². The van der Waals surface area contributed by atoms with E-state index in [0.717, 1.165) is 38.5 Å². The molecule has 0 bridgehead atoms. The van der Waals surface area contributed by atoms with E-state index in [9.17, 15) is 0 Å². The fourth-order valence-corrected chi connectivity index (χ4v) is 9.12. The summed E-state index contributed by atoms with van der Waals surface area (Å²) in [4.78, 5) is 0. The summed E-state index contributed by atoms with van der Waals surface area (Å²) in [7, 11) is 3.11. The second-order valence-electron chi connectivity index (χ2n) is 6.66. The van der Waals surface area contributed by atoms with Gasteiger partial charge in [0.05, 0.1) is 13.2 Å². The number of rotatable bonds is 7. The maximum absolute atomic E-state index is 6.27. The van der Waals surface area contributed by atoms with Crippen LogP contribution in [0.2, 0.25) is 6.04 Å². The van der Waals surface area contributed by atoms with Crippen LogP contribution in [-0.4, -0.2) is 48.3 Å². The van der Waals surface area contributed by atoms with Crippen LogP contribution in [0.3, 0.4) is 0 Å². The molecule has 2 atom stereocenters. The van der Waals surface area contributed by atoms with Crippen LogP contribution in [0.15, 0.2) is 0 Å². The summed E-state index contributed by atoms with van der Waals surface area (Å²) in [6.07, 6.45) is 5.63. The van der Waals surface area contributed by atoms with Crippen molar-refractivity contribution in [3.63, 3.8) is 0 Å². The third kappa shape index (κ3) is 2.41. The molecule has 0 N–H and O–H groups in total. The van der Waals surface area contributed by atoms with Gasteiger partial charge in [-0.15, -0.1) is 0 Å². The van der Waals surface area contributed by atoms with Crippen LogP contribution in [0.4, 0.5) is 0 Å². The Balaban J connectivity index is 2.46. The Bertz CT molecular complexity index is 336. The quantitative estimate of drug-likeness (QED) is 0.675. The second-order valence-corrected chi connectivity index (χ2v) is 10.3. The molecule has 2 unspecified atom stereocenters. The Morgan fingerprint density at radius 2 is 1.81 bits per heavy atom. The molecule has 0 saturated carbocycles. The highest BCUT2D eigenvalue weighted by Gasteiger charge is 2.67. The van der Waals surface area contributed by atoms with Gasteiger partial charge >= 0.3 is 8.56 Å². The van der Waals surface area contributed by atoms with E-state index in [4.69, 9.17) is 18.3 Å². The highest BCUT2D eigenvalue weighted by Crippen LogP contribution is 2.56. The van der Waals surface area contributed by atoms with Crippen LogP contribution in [0.1, 0.15) is 46.0 Å². The minimum Gasteiger partial charge on any atom is -0.396 e. The zero-order chi connectivity index (χ0) is 15.6. The lowest BCUT2D eigenvalue weighted by atomic mass is 9.66. The fraction of sp³-hybridized carbons (Fsp3) is 1.00. The Labute approximate surface area is 130 Å². The maximum Gasteiger partial charge on any atom is 0.371 e. The Morgan fingerprint density at radius 3 is 2.19 bits per heavy atom. The van der Waals surface area contributed by atoms with Gasteiger partial charge in [-0.05, 0) is 25.3 Å². The van der Waals surface area contributed by atoms with Crippen LogP contribution in [0, 0.1) is 11.3 Å². The Kier molecular flexibility index (Phi) is 5.53. The van der Waals surface area contributed by atoms with Gasteiger partial charge in [0, 0.05) is 32.7 Å². The van der Waals surface area contributed by atoms with Gasteiger partial charge in [0.2, 0.25) is 0 Å². The minimum absolute atomic E-state index is 0.247. The zero-order valence-corrected chi connectivity index (χ0v) is 15.4. The van der Waals surface area contributed by atoms with Crippen molar-refractivity contribution in [3.05, 3.63) is 0 Å². The van der Waals surface area contributed by atoms with E-state index < -0.39 is 8.56 Å². The summed E-state index contributed by atoms with van der Waals surface area (Å²) in [6, 6.07) is 1.03. The van der Waals surface area contributed by atoms with Crippen LogP contribution in [0.25, 0.3) is 0 Å². The van der Waals surface area contributed by atoms with E-state index in [1.54, 1.807) is 0 Å². The molecule has 2 heterocycles. The molecule has 0 spiro atoms. The molecule has 0 aromatic heterocycles. The first-order valence-corrected chi connectivity index (χ1v) is 10.4. The van der Waals surface area contributed by atoms with E-state index in [1.165, 1.54) is 12.8 Å². The SMILES string of the molecule is CCCC1(OC)C(C2(CC)COC2)CCC[Si]1(OC)OC. The molecule has 0 aliphatic carbocycles. The van der Waals surface area contributed by atoms with Crippen molar-refractivity contribution >= 4 is 8.56 Å². The van der Waals surface area contributed by atoms with E-state index in [2.05, 4.69) is 13.8 Å². The number of hydrogen-bond donors (Lipinski definition) is 0. The van der Waals surface area contributed by atoms with Gasteiger partial charge in [-0.3, -0.25) is 0 Å². The van der Waals surface area contributed by atoms with Crippen LogP contribution < -0.4 is 0 Å². The van der Waals surface area contributed by atoms with Crippen molar-refractivity contribution in [1.29, 1.82) is 0 Å². The lowest BCUT2D eigenvalue weighted by Gasteiger charge is -2.60. The Hall–Kier alpha value is 0.0569. The van der Waals surface area contributed by atoms with Crippen molar-refractivity contribution < 1.29 is 18.3 Å². The van der Waals surface area contributed by atoms with Gasteiger partial charge in [-0.25, -0.2) is 0 Å². The lowest BCUT2D eigenvalue weighted by molar-refractivity contribution is -0.200. The molecule has 0 aromatic rings. The molecule has 124 valence electrons. The van der Waals surface area contributed by atoms with Gasteiger partial charge < -0.3 is 18.3 Å². The fourth-order valence-electron chi connectivity index (χ4n) is 4.83. The first-order chi connectivity index (χ1) is 10.1. The summed E-state index contributed by atoms with van der Waals surface area (Å²) < 4.78 is 24.0. The molecular weight excluding hydrogens is 284 g/mol. The van der Waals surface area contributed by atoms with E-state index in [-0.39, 0.29) is 10.6 Å². The first-order valence-electron chi connectivity index (χ1n) is 8.33. The molecule has 21 heavy (non-hydrogen) atoms. The summed E-state index contributed by atoms with van der Waals surface area (Å²) >= 11 is 0.